The van der Waals surface area contributed by atoms with Crippen molar-refractivity contribution in [3.8, 4) is 6.07 Å². The summed E-state index contributed by atoms with van der Waals surface area (Å²) in [5.74, 6) is 0.00669. The molecular weight excluding hydrogens is 360 g/mol. The fourth-order valence-corrected chi connectivity index (χ4v) is 3.94. The van der Waals surface area contributed by atoms with Gasteiger partial charge in [-0.3, -0.25) is 9.69 Å². The highest BCUT2D eigenvalue weighted by Gasteiger charge is 2.19. The van der Waals surface area contributed by atoms with E-state index in [0.29, 0.717) is 12.1 Å². The van der Waals surface area contributed by atoms with Crippen molar-refractivity contribution >= 4 is 28.1 Å². The van der Waals surface area contributed by atoms with Crippen LogP contribution in [0.25, 0.3) is 10.8 Å². The predicted molar refractivity (Wildman–Crippen MR) is 117 cm³/mol. The number of amides is 1. The summed E-state index contributed by atoms with van der Waals surface area (Å²) in [5, 5.41) is 14.6. The minimum Gasteiger partial charge on any atom is -0.369 e. The maximum absolute atomic E-state index is 12.7. The Bertz CT molecular complexity index is 1050. The Morgan fingerprint density at radius 1 is 0.931 bits per heavy atom. The molecule has 0 radical (unpaired) electrons. The Hall–Kier alpha value is -3.36. The van der Waals surface area contributed by atoms with Crippen LogP contribution in [0.3, 0.4) is 0 Å². The fourth-order valence-electron chi connectivity index (χ4n) is 3.94. The van der Waals surface area contributed by atoms with Crippen LogP contribution in [0.2, 0.25) is 0 Å². The molecule has 0 atom stereocenters. The molecule has 4 rings (SSSR count). The zero-order chi connectivity index (χ0) is 20.1. The van der Waals surface area contributed by atoms with Gasteiger partial charge in [0, 0.05) is 37.3 Å². The highest BCUT2D eigenvalue weighted by atomic mass is 16.2. The van der Waals surface area contributed by atoms with Gasteiger partial charge in [0.05, 0.1) is 17.8 Å². The van der Waals surface area contributed by atoms with Crippen LogP contribution in [-0.2, 0) is 4.79 Å². The van der Waals surface area contributed by atoms with Crippen LogP contribution >= 0.6 is 0 Å². The number of nitrogens with one attached hydrogen (secondary N) is 1. The van der Waals surface area contributed by atoms with Gasteiger partial charge in [0.2, 0.25) is 5.91 Å². The van der Waals surface area contributed by atoms with Crippen LogP contribution in [0.15, 0.2) is 66.7 Å². The van der Waals surface area contributed by atoms with Gasteiger partial charge in [-0.1, -0.05) is 48.5 Å². The topological polar surface area (TPSA) is 59.4 Å². The Labute approximate surface area is 171 Å². The number of para-hydroxylation sites is 1. The lowest BCUT2D eigenvalue weighted by Crippen LogP contribution is -2.36. The van der Waals surface area contributed by atoms with Crippen molar-refractivity contribution in [1.29, 1.82) is 5.26 Å². The van der Waals surface area contributed by atoms with Gasteiger partial charge in [-0.25, -0.2) is 0 Å². The molecule has 3 aromatic carbocycles. The van der Waals surface area contributed by atoms with Gasteiger partial charge in [0.25, 0.3) is 0 Å². The molecule has 0 spiro atoms. The zero-order valence-corrected chi connectivity index (χ0v) is 16.3. The first-order chi connectivity index (χ1) is 14.2. The van der Waals surface area contributed by atoms with Crippen LogP contribution in [0, 0.1) is 11.3 Å². The Balaban J connectivity index is 1.39. The lowest BCUT2D eigenvalue weighted by Gasteiger charge is -2.24. The summed E-state index contributed by atoms with van der Waals surface area (Å²) in [5.41, 5.74) is 2.54. The zero-order valence-electron chi connectivity index (χ0n) is 16.3. The third-order valence-electron chi connectivity index (χ3n) is 5.38. The standard InChI is InChI=1S/C24H24N4O/c25-17-20-8-2-4-12-23(20)28-14-6-13-27(15-16-28)18-24(29)26-22-11-5-9-19-7-1-3-10-21(19)22/h1-5,7-12H,6,13-16,18H2,(H,26,29). The molecule has 1 aliphatic rings. The summed E-state index contributed by atoms with van der Waals surface area (Å²) in [4.78, 5) is 17.1. The predicted octanol–water partition coefficient (Wildman–Crippen LogP) is 3.86. The van der Waals surface area contributed by atoms with Crippen LogP contribution in [0.4, 0.5) is 11.4 Å². The van der Waals surface area contributed by atoms with Crippen molar-refractivity contribution in [2.45, 2.75) is 6.42 Å². The Morgan fingerprint density at radius 3 is 2.62 bits per heavy atom. The van der Waals surface area contributed by atoms with Crippen LogP contribution < -0.4 is 10.2 Å². The SMILES string of the molecule is N#Cc1ccccc1N1CCCN(CC(=O)Nc2cccc3ccccc23)CC1. The molecule has 1 N–H and O–H groups in total. The molecule has 1 heterocycles. The van der Waals surface area contributed by atoms with Gasteiger partial charge in [0.1, 0.15) is 6.07 Å². The second-order valence-corrected chi connectivity index (χ2v) is 7.32. The number of carbonyl (C=O) groups is 1. The molecular formula is C24H24N4O. The van der Waals surface area contributed by atoms with E-state index < -0.39 is 0 Å². The van der Waals surface area contributed by atoms with E-state index in [4.69, 9.17) is 0 Å². The first-order valence-electron chi connectivity index (χ1n) is 9.98. The van der Waals surface area contributed by atoms with E-state index in [1.165, 1.54) is 0 Å². The molecule has 0 aromatic heterocycles. The highest BCUT2D eigenvalue weighted by Crippen LogP contribution is 2.23. The molecule has 0 saturated carbocycles. The van der Waals surface area contributed by atoms with Gasteiger partial charge in [-0.2, -0.15) is 5.26 Å². The molecule has 5 nitrogen and oxygen atoms in total. The molecule has 1 fully saturated rings. The molecule has 1 saturated heterocycles. The van der Waals surface area contributed by atoms with Crippen LogP contribution in [0.1, 0.15) is 12.0 Å². The lowest BCUT2D eigenvalue weighted by molar-refractivity contribution is -0.117. The number of fused-ring (bicyclic) bond motifs is 1. The van der Waals surface area contributed by atoms with E-state index in [2.05, 4.69) is 21.2 Å². The van der Waals surface area contributed by atoms with Crippen molar-refractivity contribution in [3.63, 3.8) is 0 Å². The quantitative estimate of drug-likeness (QED) is 0.742. The Morgan fingerprint density at radius 2 is 1.72 bits per heavy atom. The summed E-state index contributed by atoms with van der Waals surface area (Å²) in [6.45, 7) is 3.73. The van der Waals surface area contributed by atoms with E-state index >= 15 is 0 Å². The molecule has 1 aliphatic heterocycles. The molecule has 0 unspecified atom stereocenters. The monoisotopic (exact) mass is 384 g/mol. The average molecular weight is 384 g/mol. The van der Waals surface area contributed by atoms with E-state index in [1.807, 2.05) is 66.7 Å². The maximum Gasteiger partial charge on any atom is 0.238 e. The molecule has 0 aliphatic carbocycles. The number of nitriles is 1. The number of hydrogen-bond acceptors (Lipinski definition) is 4. The number of carbonyl (C=O) groups excluding carboxylic acids is 1. The number of anilines is 2. The van der Waals surface area contributed by atoms with E-state index in [1.54, 1.807) is 0 Å². The van der Waals surface area contributed by atoms with Crippen molar-refractivity contribution in [2.75, 3.05) is 42.9 Å². The number of benzene rings is 3. The lowest BCUT2D eigenvalue weighted by atomic mass is 10.1. The summed E-state index contributed by atoms with van der Waals surface area (Å²) >= 11 is 0. The fraction of sp³-hybridized carbons (Fsp3) is 0.250. The minimum absolute atomic E-state index is 0.00669. The van der Waals surface area contributed by atoms with Crippen LogP contribution in [0.5, 0.6) is 0 Å². The third-order valence-corrected chi connectivity index (χ3v) is 5.38. The third kappa shape index (κ3) is 4.39. The molecule has 3 aromatic rings. The van der Waals surface area contributed by atoms with Crippen molar-refractivity contribution in [1.82, 2.24) is 4.90 Å². The summed E-state index contributed by atoms with van der Waals surface area (Å²) in [6, 6.07) is 24.0. The van der Waals surface area contributed by atoms with Crippen molar-refractivity contribution < 1.29 is 4.79 Å². The van der Waals surface area contributed by atoms with E-state index in [0.717, 1.165) is 54.7 Å². The average Bonchev–Trinajstić information content (AvgIpc) is 2.99. The highest BCUT2D eigenvalue weighted by molar-refractivity contribution is 6.02. The minimum atomic E-state index is 0.00669. The van der Waals surface area contributed by atoms with Gasteiger partial charge in [0.15, 0.2) is 0 Å². The Kier molecular flexibility index (Phi) is 5.73. The first kappa shape index (κ1) is 19.0. The molecule has 29 heavy (non-hydrogen) atoms. The van der Waals surface area contributed by atoms with Gasteiger partial charge in [-0.15, -0.1) is 0 Å². The molecule has 1 amide bonds. The summed E-state index contributed by atoms with van der Waals surface area (Å²) in [7, 11) is 0. The molecule has 146 valence electrons. The summed E-state index contributed by atoms with van der Waals surface area (Å²) in [6.07, 6.45) is 0.960. The smallest absolute Gasteiger partial charge is 0.238 e. The van der Waals surface area contributed by atoms with E-state index in [9.17, 15) is 10.1 Å². The molecule has 0 bridgehead atoms. The summed E-state index contributed by atoms with van der Waals surface area (Å²) < 4.78 is 0. The number of hydrogen-bond donors (Lipinski definition) is 1. The maximum atomic E-state index is 12.7. The second-order valence-electron chi connectivity index (χ2n) is 7.32. The normalized spacial score (nSPS) is 14.9. The number of rotatable bonds is 4. The largest absolute Gasteiger partial charge is 0.369 e. The van der Waals surface area contributed by atoms with Gasteiger partial charge >= 0.3 is 0 Å². The molecule has 5 heteroatoms. The van der Waals surface area contributed by atoms with E-state index in [-0.39, 0.29) is 5.91 Å². The van der Waals surface area contributed by atoms with Crippen LogP contribution in [-0.4, -0.2) is 43.5 Å². The van der Waals surface area contributed by atoms with Gasteiger partial charge < -0.3 is 10.2 Å². The number of nitrogens with zero attached hydrogens (tertiary/aromatic N) is 3. The second kappa shape index (κ2) is 8.76. The first-order valence-corrected chi connectivity index (χ1v) is 9.98. The van der Waals surface area contributed by atoms with Gasteiger partial charge in [-0.05, 0) is 30.0 Å². The van der Waals surface area contributed by atoms with Crippen molar-refractivity contribution in [3.05, 3.63) is 72.3 Å². The van der Waals surface area contributed by atoms with Crippen molar-refractivity contribution in [2.24, 2.45) is 0 Å².